The van der Waals surface area contributed by atoms with Crippen LogP contribution in [0.5, 0.6) is 0 Å². The maximum Gasteiger partial charge on any atom is 0.116 e. The normalized spacial score (nSPS) is 14.9. The summed E-state index contributed by atoms with van der Waals surface area (Å²) in [6, 6.07) is 0. The van der Waals surface area contributed by atoms with Crippen molar-refractivity contribution in [3.8, 4) is 0 Å². The average Bonchev–Trinajstić information content (AvgIpc) is 2.73. The van der Waals surface area contributed by atoms with Crippen LogP contribution in [0.15, 0.2) is 4.99 Å². The highest BCUT2D eigenvalue weighted by Crippen LogP contribution is 2.20. The van der Waals surface area contributed by atoms with Gasteiger partial charge in [0.05, 0.1) is 5.54 Å². The zero-order chi connectivity index (χ0) is 21.2. The first kappa shape index (κ1) is 26.5. The number of nitrogens with zero attached hydrogens (tertiary/aromatic N) is 2. The smallest absolute Gasteiger partial charge is 0.116 e. The standard InChI is InChI=1S/C26H53N3/c1-5-7-9-10-11-12-13-14-15-16-17-19-24-29(23-18-8-6-2)26(3,4)25-27-21-20-22-28-25/h5-24H2,1-4H3,(H,27,28). The largest absolute Gasteiger partial charge is 0.372 e. The average molecular weight is 408 g/mol. The number of nitrogens with one attached hydrogen (secondary N) is 1. The highest BCUT2D eigenvalue weighted by atomic mass is 15.2. The minimum atomic E-state index is 0.0476. The Morgan fingerprint density at radius 2 is 1.17 bits per heavy atom. The van der Waals surface area contributed by atoms with E-state index in [4.69, 9.17) is 4.99 Å². The number of hydrogen-bond acceptors (Lipinski definition) is 3. The van der Waals surface area contributed by atoms with Gasteiger partial charge in [-0.3, -0.25) is 9.89 Å². The molecule has 0 saturated carbocycles. The van der Waals surface area contributed by atoms with Gasteiger partial charge in [-0.25, -0.2) is 0 Å². The fourth-order valence-electron chi connectivity index (χ4n) is 4.46. The van der Waals surface area contributed by atoms with Crippen LogP contribution in [0.1, 0.15) is 130 Å². The van der Waals surface area contributed by atoms with Crippen LogP contribution in [0.2, 0.25) is 0 Å². The minimum Gasteiger partial charge on any atom is -0.372 e. The molecule has 0 spiro atoms. The van der Waals surface area contributed by atoms with E-state index >= 15 is 0 Å². The van der Waals surface area contributed by atoms with E-state index < -0.39 is 0 Å². The molecule has 29 heavy (non-hydrogen) atoms. The Kier molecular flexibility index (Phi) is 15.6. The summed E-state index contributed by atoms with van der Waals surface area (Å²) in [6.45, 7) is 13.8. The second kappa shape index (κ2) is 17.1. The molecule has 0 aromatic heterocycles. The summed E-state index contributed by atoms with van der Waals surface area (Å²) in [5.74, 6) is 1.22. The molecule has 0 fully saturated rings. The van der Waals surface area contributed by atoms with Crippen LogP contribution < -0.4 is 5.32 Å². The molecule has 172 valence electrons. The van der Waals surface area contributed by atoms with E-state index in [1.165, 1.54) is 122 Å². The van der Waals surface area contributed by atoms with Crippen LogP contribution in [0.25, 0.3) is 0 Å². The van der Waals surface area contributed by atoms with Crippen molar-refractivity contribution in [2.45, 2.75) is 136 Å². The summed E-state index contributed by atoms with van der Waals surface area (Å²) in [5, 5.41) is 3.58. The number of unbranched alkanes of at least 4 members (excludes halogenated alkanes) is 13. The second-order valence-corrected chi connectivity index (χ2v) is 9.65. The van der Waals surface area contributed by atoms with Crippen LogP contribution in [-0.4, -0.2) is 42.5 Å². The Morgan fingerprint density at radius 1 is 0.724 bits per heavy atom. The summed E-state index contributed by atoms with van der Waals surface area (Å²) in [4.78, 5) is 7.53. The van der Waals surface area contributed by atoms with Crippen molar-refractivity contribution >= 4 is 5.84 Å². The third-order valence-corrected chi connectivity index (χ3v) is 6.58. The Morgan fingerprint density at radius 3 is 1.66 bits per heavy atom. The van der Waals surface area contributed by atoms with Gasteiger partial charge in [0.15, 0.2) is 0 Å². The summed E-state index contributed by atoms with van der Waals surface area (Å²) < 4.78 is 0. The summed E-state index contributed by atoms with van der Waals surface area (Å²) in [7, 11) is 0. The maximum atomic E-state index is 4.82. The molecular weight excluding hydrogens is 354 g/mol. The zero-order valence-corrected chi connectivity index (χ0v) is 20.5. The Bertz CT molecular complexity index is 403. The van der Waals surface area contributed by atoms with E-state index in [0.29, 0.717) is 0 Å². The van der Waals surface area contributed by atoms with Gasteiger partial charge in [0.2, 0.25) is 0 Å². The fourth-order valence-corrected chi connectivity index (χ4v) is 4.46. The number of rotatable bonds is 19. The lowest BCUT2D eigenvalue weighted by Gasteiger charge is -2.41. The molecule has 1 rings (SSSR count). The molecule has 1 N–H and O–H groups in total. The van der Waals surface area contributed by atoms with Crippen molar-refractivity contribution in [3.63, 3.8) is 0 Å². The van der Waals surface area contributed by atoms with Gasteiger partial charge in [-0.15, -0.1) is 0 Å². The van der Waals surface area contributed by atoms with Gasteiger partial charge >= 0.3 is 0 Å². The molecule has 0 unspecified atom stereocenters. The van der Waals surface area contributed by atoms with Crippen molar-refractivity contribution in [2.24, 2.45) is 4.99 Å². The van der Waals surface area contributed by atoms with Crippen molar-refractivity contribution in [3.05, 3.63) is 0 Å². The van der Waals surface area contributed by atoms with Crippen molar-refractivity contribution in [1.29, 1.82) is 0 Å². The van der Waals surface area contributed by atoms with E-state index in [9.17, 15) is 0 Å². The molecule has 3 nitrogen and oxygen atoms in total. The predicted octanol–water partition coefficient (Wildman–Crippen LogP) is 7.35. The minimum absolute atomic E-state index is 0.0476. The third kappa shape index (κ3) is 12.0. The topological polar surface area (TPSA) is 27.6 Å². The van der Waals surface area contributed by atoms with E-state index in [0.717, 1.165) is 13.1 Å². The number of aliphatic imine (C=N–C) groups is 1. The Hall–Kier alpha value is -0.570. The summed E-state index contributed by atoms with van der Waals surface area (Å²) in [6.07, 6.45) is 22.2. The van der Waals surface area contributed by atoms with Gasteiger partial charge in [-0.05, 0) is 46.2 Å². The molecule has 0 aromatic rings. The molecule has 3 heteroatoms. The first-order chi connectivity index (χ1) is 14.1. The Labute approximate surface area is 183 Å². The molecule has 0 amide bonds. The maximum absolute atomic E-state index is 4.82. The van der Waals surface area contributed by atoms with Crippen molar-refractivity contribution in [1.82, 2.24) is 10.2 Å². The lowest BCUT2D eigenvalue weighted by molar-refractivity contribution is 0.165. The predicted molar refractivity (Wildman–Crippen MR) is 131 cm³/mol. The highest BCUT2D eigenvalue weighted by molar-refractivity contribution is 5.91. The molecule has 0 aromatic carbocycles. The molecule has 0 saturated heterocycles. The summed E-state index contributed by atoms with van der Waals surface area (Å²) >= 11 is 0. The van der Waals surface area contributed by atoms with E-state index in [1.54, 1.807) is 0 Å². The van der Waals surface area contributed by atoms with Crippen LogP contribution in [0.3, 0.4) is 0 Å². The molecular formula is C26H53N3. The first-order valence-corrected chi connectivity index (χ1v) is 13.2. The molecule has 0 radical (unpaired) electrons. The number of amidine groups is 1. The van der Waals surface area contributed by atoms with Gasteiger partial charge in [-0.2, -0.15) is 0 Å². The van der Waals surface area contributed by atoms with Gasteiger partial charge in [0.25, 0.3) is 0 Å². The van der Waals surface area contributed by atoms with Crippen LogP contribution in [0, 0.1) is 0 Å². The van der Waals surface area contributed by atoms with Crippen LogP contribution in [0.4, 0.5) is 0 Å². The molecule has 1 aliphatic heterocycles. The van der Waals surface area contributed by atoms with Crippen molar-refractivity contribution in [2.75, 3.05) is 26.2 Å². The third-order valence-electron chi connectivity index (χ3n) is 6.58. The lowest BCUT2D eigenvalue weighted by Crippen LogP contribution is -2.56. The van der Waals surface area contributed by atoms with Crippen LogP contribution in [-0.2, 0) is 0 Å². The molecule has 0 bridgehead atoms. The van der Waals surface area contributed by atoms with Gasteiger partial charge in [0, 0.05) is 13.1 Å². The molecule has 0 atom stereocenters. The lowest BCUT2D eigenvalue weighted by atomic mass is 9.97. The number of hydrogen-bond donors (Lipinski definition) is 1. The fraction of sp³-hybridized carbons (Fsp3) is 0.962. The van der Waals surface area contributed by atoms with E-state index in [1.807, 2.05) is 0 Å². The highest BCUT2D eigenvalue weighted by Gasteiger charge is 2.32. The van der Waals surface area contributed by atoms with Gasteiger partial charge in [-0.1, -0.05) is 97.3 Å². The van der Waals surface area contributed by atoms with Gasteiger partial charge < -0.3 is 5.32 Å². The quantitative estimate of drug-likeness (QED) is 0.227. The SMILES string of the molecule is CCCCCCCCCCCCCCN(CCCCC)C(C)(C)C1=NCCCN1. The molecule has 0 aliphatic carbocycles. The van der Waals surface area contributed by atoms with Crippen molar-refractivity contribution < 1.29 is 0 Å². The molecule has 1 heterocycles. The first-order valence-electron chi connectivity index (χ1n) is 13.2. The Balaban J connectivity index is 2.21. The second-order valence-electron chi connectivity index (χ2n) is 9.65. The molecule has 1 aliphatic rings. The van der Waals surface area contributed by atoms with E-state index in [-0.39, 0.29) is 5.54 Å². The zero-order valence-electron chi connectivity index (χ0n) is 20.5. The van der Waals surface area contributed by atoms with Gasteiger partial charge in [0.1, 0.15) is 5.84 Å². The van der Waals surface area contributed by atoms with Crippen LogP contribution >= 0.6 is 0 Å². The monoisotopic (exact) mass is 407 g/mol. The summed E-state index contributed by atoms with van der Waals surface area (Å²) in [5.41, 5.74) is 0.0476. The van der Waals surface area contributed by atoms with E-state index in [2.05, 4.69) is 37.9 Å².